The Hall–Kier alpha value is -2.56. The maximum Gasteiger partial charge on any atom is 0.433 e. The molecule has 1 aliphatic carbocycles. The molecule has 1 aromatic heterocycles. The molecule has 2 aliphatic rings. The molecule has 1 aliphatic heterocycles. The zero-order chi connectivity index (χ0) is 23.4. The van der Waals surface area contributed by atoms with Crippen molar-refractivity contribution in [1.29, 1.82) is 0 Å². The zero-order valence-corrected chi connectivity index (χ0v) is 16.8. The SMILES string of the molecule is O=C(Nc1cccc(Cl)c1F)[C@@H]1[C@H]2CC[C@H](C2)N1c1cc(C(F)(F)F)cc(C(F)(F)F)n1. The Morgan fingerprint density at radius 1 is 1.09 bits per heavy atom. The Labute approximate surface area is 182 Å². The van der Waals surface area contributed by atoms with Gasteiger partial charge in [-0.05, 0) is 49.4 Å². The molecule has 4 nitrogen and oxygen atoms in total. The van der Waals surface area contributed by atoms with Crippen molar-refractivity contribution in [2.45, 2.75) is 43.7 Å². The minimum Gasteiger partial charge on any atom is -0.341 e. The molecule has 1 N–H and O–H groups in total. The number of alkyl halides is 6. The van der Waals surface area contributed by atoms with Gasteiger partial charge in [0.1, 0.15) is 17.6 Å². The largest absolute Gasteiger partial charge is 0.433 e. The molecule has 2 heterocycles. The summed E-state index contributed by atoms with van der Waals surface area (Å²) in [6, 6.07) is 2.79. The molecule has 2 aromatic rings. The molecule has 32 heavy (non-hydrogen) atoms. The maximum absolute atomic E-state index is 14.2. The lowest BCUT2D eigenvalue weighted by Crippen LogP contribution is -2.49. The second kappa shape index (κ2) is 7.79. The third-order valence-corrected chi connectivity index (χ3v) is 6.05. The Morgan fingerprint density at radius 2 is 1.81 bits per heavy atom. The monoisotopic (exact) mass is 481 g/mol. The molecular weight excluding hydrogens is 467 g/mol. The Bertz CT molecular complexity index is 1020. The highest BCUT2D eigenvalue weighted by Crippen LogP contribution is 2.46. The van der Waals surface area contributed by atoms with Crippen molar-refractivity contribution in [3.63, 3.8) is 0 Å². The summed E-state index contributed by atoms with van der Waals surface area (Å²) in [6.07, 6.45) is -8.72. The number of anilines is 2. The quantitative estimate of drug-likeness (QED) is 0.555. The van der Waals surface area contributed by atoms with E-state index in [1.54, 1.807) is 0 Å². The van der Waals surface area contributed by atoms with Gasteiger partial charge in [0.15, 0.2) is 5.82 Å². The molecule has 0 spiro atoms. The average Bonchev–Trinajstić information content (AvgIpc) is 3.31. The molecule has 12 heteroatoms. The van der Waals surface area contributed by atoms with Gasteiger partial charge in [-0.1, -0.05) is 17.7 Å². The van der Waals surface area contributed by atoms with E-state index in [-0.39, 0.29) is 22.7 Å². The first-order chi connectivity index (χ1) is 14.9. The number of piperidine rings is 1. The third-order valence-electron chi connectivity index (χ3n) is 5.76. The van der Waals surface area contributed by atoms with Crippen LogP contribution in [0.1, 0.15) is 30.5 Å². The fraction of sp³-hybridized carbons (Fsp3) is 0.400. The van der Waals surface area contributed by atoms with Crippen molar-refractivity contribution in [1.82, 2.24) is 4.98 Å². The summed E-state index contributed by atoms with van der Waals surface area (Å²) >= 11 is 5.70. The van der Waals surface area contributed by atoms with Crippen LogP contribution in [0.5, 0.6) is 0 Å². The first-order valence-corrected chi connectivity index (χ1v) is 9.93. The highest BCUT2D eigenvalue weighted by Gasteiger charge is 2.51. The normalized spacial score (nSPS) is 23.0. The predicted molar refractivity (Wildman–Crippen MR) is 102 cm³/mol. The van der Waals surface area contributed by atoms with Crippen LogP contribution in [0.4, 0.5) is 42.2 Å². The number of nitrogens with one attached hydrogen (secondary N) is 1. The fourth-order valence-electron chi connectivity index (χ4n) is 4.42. The number of fused-ring (bicyclic) bond motifs is 2. The molecule has 3 atom stereocenters. The summed E-state index contributed by atoms with van der Waals surface area (Å²) in [6.45, 7) is 0. The van der Waals surface area contributed by atoms with E-state index in [1.807, 2.05) is 0 Å². The number of halogens is 8. The number of aromatic nitrogens is 1. The van der Waals surface area contributed by atoms with Gasteiger partial charge in [-0.25, -0.2) is 9.37 Å². The van der Waals surface area contributed by atoms with Crippen molar-refractivity contribution >= 4 is 29.0 Å². The molecule has 1 amide bonds. The highest BCUT2D eigenvalue weighted by atomic mass is 35.5. The van der Waals surface area contributed by atoms with Gasteiger partial charge in [-0.2, -0.15) is 26.3 Å². The zero-order valence-electron chi connectivity index (χ0n) is 16.1. The third kappa shape index (κ3) is 4.10. The van der Waals surface area contributed by atoms with Crippen molar-refractivity contribution in [2.75, 3.05) is 10.2 Å². The van der Waals surface area contributed by atoms with Crippen molar-refractivity contribution < 1.29 is 35.5 Å². The number of carbonyl (C=O) groups excluding carboxylic acids is 1. The number of benzene rings is 1. The van der Waals surface area contributed by atoms with Crippen LogP contribution in [-0.2, 0) is 17.1 Å². The summed E-state index contributed by atoms with van der Waals surface area (Å²) in [5, 5.41) is 2.11. The first kappa shape index (κ1) is 22.6. The van der Waals surface area contributed by atoms with Crippen LogP contribution in [0.2, 0.25) is 5.02 Å². The molecule has 0 radical (unpaired) electrons. The van der Waals surface area contributed by atoms with Crippen LogP contribution in [0.3, 0.4) is 0 Å². The summed E-state index contributed by atoms with van der Waals surface area (Å²) < 4.78 is 93.8. The van der Waals surface area contributed by atoms with Gasteiger partial charge in [-0.15, -0.1) is 0 Å². The fourth-order valence-corrected chi connectivity index (χ4v) is 4.59. The second-order valence-electron chi connectivity index (χ2n) is 7.76. The number of hydrogen-bond acceptors (Lipinski definition) is 3. The molecular formula is C20H15ClF7N3O. The van der Waals surface area contributed by atoms with Crippen molar-refractivity contribution in [3.8, 4) is 0 Å². The van der Waals surface area contributed by atoms with Crippen LogP contribution in [0.25, 0.3) is 0 Å². The van der Waals surface area contributed by atoms with E-state index in [4.69, 9.17) is 11.6 Å². The Balaban J connectivity index is 1.73. The van der Waals surface area contributed by atoms with E-state index < -0.39 is 53.2 Å². The number of rotatable bonds is 3. The van der Waals surface area contributed by atoms with Gasteiger partial charge >= 0.3 is 12.4 Å². The van der Waals surface area contributed by atoms with Crippen LogP contribution in [0, 0.1) is 11.7 Å². The Kier molecular flexibility index (Phi) is 5.51. The summed E-state index contributed by atoms with van der Waals surface area (Å²) in [5.41, 5.74) is -3.46. The van der Waals surface area contributed by atoms with E-state index >= 15 is 0 Å². The molecule has 1 saturated heterocycles. The van der Waals surface area contributed by atoms with E-state index in [0.29, 0.717) is 25.3 Å². The van der Waals surface area contributed by atoms with Gasteiger partial charge in [0.05, 0.1) is 16.3 Å². The Morgan fingerprint density at radius 3 is 2.47 bits per heavy atom. The second-order valence-corrected chi connectivity index (χ2v) is 8.17. The minimum atomic E-state index is -5.11. The smallest absolute Gasteiger partial charge is 0.341 e. The molecule has 0 unspecified atom stereocenters. The number of amides is 1. The van der Waals surface area contributed by atoms with Crippen molar-refractivity contribution in [2.24, 2.45) is 5.92 Å². The topological polar surface area (TPSA) is 45.2 Å². The number of pyridine rings is 1. The van der Waals surface area contributed by atoms with E-state index in [2.05, 4.69) is 10.3 Å². The molecule has 2 bridgehead atoms. The van der Waals surface area contributed by atoms with Gasteiger partial charge in [0.25, 0.3) is 0 Å². The highest BCUT2D eigenvalue weighted by molar-refractivity contribution is 6.31. The lowest BCUT2D eigenvalue weighted by atomic mass is 9.97. The standard InChI is InChI=1S/C20H15ClF7N3O/c21-12-2-1-3-13(16(12)22)29-18(32)17-9-4-5-11(6-9)31(17)15-8-10(19(23,24)25)7-14(30-15)20(26,27)28/h1-3,7-9,11,17H,4-6H2,(H,29,32)/t9-,11+,17-/m0/s1. The van der Waals surface area contributed by atoms with Crippen LogP contribution in [-0.4, -0.2) is 23.0 Å². The van der Waals surface area contributed by atoms with E-state index in [0.717, 1.165) is 0 Å². The van der Waals surface area contributed by atoms with Gasteiger partial charge in [-0.3, -0.25) is 4.79 Å². The average molecular weight is 482 g/mol. The molecule has 172 valence electrons. The number of hydrogen-bond donors (Lipinski definition) is 1. The van der Waals surface area contributed by atoms with E-state index in [9.17, 15) is 35.5 Å². The van der Waals surface area contributed by atoms with Crippen LogP contribution < -0.4 is 10.2 Å². The summed E-state index contributed by atoms with van der Waals surface area (Å²) in [4.78, 5) is 17.6. The predicted octanol–water partition coefficient (Wildman–Crippen LogP) is 5.91. The minimum absolute atomic E-state index is 0.0613. The first-order valence-electron chi connectivity index (χ1n) is 9.56. The van der Waals surface area contributed by atoms with Gasteiger partial charge in [0.2, 0.25) is 5.91 Å². The number of nitrogens with zero attached hydrogens (tertiary/aromatic N) is 2. The maximum atomic E-state index is 14.2. The molecule has 2 fully saturated rings. The van der Waals surface area contributed by atoms with Gasteiger partial charge < -0.3 is 10.2 Å². The van der Waals surface area contributed by atoms with Crippen LogP contribution >= 0.6 is 11.6 Å². The molecule has 1 aromatic carbocycles. The lowest BCUT2D eigenvalue weighted by Gasteiger charge is -2.36. The summed E-state index contributed by atoms with van der Waals surface area (Å²) in [5.74, 6) is -2.57. The number of carbonyl (C=O) groups is 1. The molecule has 1 saturated carbocycles. The van der Waals surface area contributed by atoms with Crippen molar-refractivity contribution in [3.05, 3.63) is 52.4 Å². The van der Waals surface area contributed by atoms with E-state index in [1.165, 1.54) is 23.1 Å². The van der Waals surface area contributed by atoms with Crippen LogP contribution in [0.15, 0.2) is 30.3 Å². The lowest BCUT2D eigenvalue weighted by molar-refractivity contribution is -0.145. The summed E-state index contributed by atoms with van der Waals surface area (Å²) in [7, 11) is 0. The molecule has 4 rings (SSSR count). The van der Waals surface area contributed by atoms with Gasteiger partial charge in [0, 0.05) is 6.04 Å².